The molecule has 2 fully saturated rings. The molecule has 0 aliphatic carbocycles. The van der Waals surface area contributed by atoms with Crippen molar-refractivity contribution < 1.29 is 5.21 Å². The quantitative estimate of drug-likeness (QED) is 0.538. The fourth-order valence-corrected chi connectivity index (χ4v) is 2.29. The van der Waals surface area contributed by atoms with Crippen molar-refractivity contribution in [1.82, 2.24) is 5.06 Å². The molecule has 2 bridgehead atoms. The van der Waals surface area contributed by atoms with Crippen LogP contribution in [0, 0.1) is 0 Å². The van der Waals surface area contributed by atoms with Gasteiger partial charge in [-0.1, -0.05) is 18.6 Å². The Morgan fingerprint density at radius 2 is 1.82 bits per heavy atom. The van der Waals surface area contributed by atoms with Gasteiger partial charge in [0.05, 0.1) is 0 Å². The summed E-state index contributed by atoms with van der Waals surface area (Å²) in [4.78, 5) is 0. The standard InChI is InChI=1S/C9H15NO/c1-7-5-8-3-2-4-9(6-7)10(8)11/h8-9,11H,1-6H2. The Labute approximate surface area is 67.5 Å². The first kappa shape index (κ1) is 7.32. The van der Waals surface area contributed by atoms with Crippen molar-refractivity contribution >= 4 is 0 Å². The smallest absolute Gasteiger partial charge is 0.0390 e. The molecule has 0 radical (unpaired) electrons. The number of piperidine rings is 2. The zero-order valence-corrected chi connectivity index (χ0v) is 6.79. The highest BCUT2D eigenvalue weighted by atomic mass is 16.5. The second-order valence-electron chi connectivity index (χ2n) is 3.78. The lowest BCUT2D eigenvalue weighted by molar-refractivity contribution is -0.185. The SMILES string of the molecule is C=C1CC2CCCC(C1)N2O. The number of hydroxylamine groups is 2. The zero-order valence-electron chi connectivity index (χ0n) is 6.79. The summed E-state index contributed by atoms with van der Waals surface area (Å²) in [5, 5.41) is 11.2. The monoisotopic (exact) mass is 153 g/mol. The van der Waals surface area contributed by atoms with Gasteiger partial charge in [-0.3, -0.25) is 0 Å². The molecule has 2 heterocycles. The van der Waals surface area contributed by atoms with Gasteiger partial charge in [0.2, 0.25) is 0 Å². The fraction of sp³-hybridized carbons (Fsp3) is 0.778. The van der Waals surface area contributed by atoms with Gasteiger partial charge >= 0.3 is 0 Å². The third kappa shape index (κ3) is 1.21. The summed E-state index contributed by atoms with van der Waals surface area (Å²) in [6, 6.07) is 0.769. The van der Waals surface area contributed by atoms with Gasteiger partial charge in [0.15, 0.2) is 0 Å². The molecule has 0 amide bonds. The maximum absolute atomic E-state index is 9.60. The molecule has 2 nitrogen and oxygen atoms in total. The summed E-state index contributed by atoms with van der Waals surface area (Å²) in [7, 11) is 0. The lowest BCUT2D eigenvalue weighted by Gasteiger charge is -2.42. The number of rotatable bonds is 0. The summed E-state index contributed by atoms with van der Waals surface area (Å²) in [5.74, 6) is 0. The fourth-order valence-electron chi connectivity index (χ4n) is 2.29. The summed E-state index contributed by atoms with van der Waals surface area (Å²) >= 11 is 0. The molecule has 2 unspecified atom stereocenters. The van der Waals surface area contributed by atoms with Gasteiger partial charge in [-0.15, -0.1) is 0 Å². The summed E-state index contributed by atoms with van der Waals surface area (Å²) in [6.45, 7) is 3.99. The van der Waals surface area contributed by atoms with Crippen molar-refractivity contribution in [3.63, 3.8) is 0 Å². The molecule has 2 aliphatic rings. The van der Waals surface area contributed by atoms with E-state index >= 15 is 0 Å². The largest absolute Gasteiger partial charge is 0.313 e. The van der Waals surface area contributed by atoms with Crippen LogP contribution in [-0.2, 0) is 0 Å². The van der Waals surface area contributed by atoms with Crippen molar-refractivity contribution in [3.8, 4) is 0 Å². The van der Waals surface area contributed by atoms with Crippen LogP contribution in [0.5, 0.6) is 0 Å². The van der Waals surface area contributed by atoms with Gasteiger partial charge in [-0.05, 0) is 25.7 Å². The van der Waals surface area contributed by atoms with Crippen LogP contribution in [0.15, 0.2) is 12.2 Å². The lowest BCUT2D eigenvalue weighted by atomic mass is 9.84. The summed E-state index contributed by atoms with van der Waals surface area (Å²) in [5.41, 5.74) is 1.32. The molecule has 11 heavy (non-hydrogen) atoms. The van der Waals surface area contributed by atoms with Crippen molar-refractivity contribution in [2.45, 2.75) is 44.2 Å². The molecule has 2 rings (SSSR count). The predicted octanol–water partition coefficient (Wildman–Crippen LogP) is 1.95. The Balaban J connectivity index is 2.12. The second kappa shape index (κ2) is 2.61. The first-order valence-electron chi connectivity index (χ1n) is 4.41. The van der Waals surface area contributed by atoms with E-state index in [1.807, 2.05) is 0 Å². The molecule has 2 heteroatoms. The van der Waals surface area contributed by atoms with Crippen LogP contribution in [0.4, 0.5) is 0 Å². The number of fused-ring (bicyclic) bond motifs is 2. The second-order valence-corrected chi connectivity index (χ2v) is 3.78. The predicted molar refractivity (Wildman–Crippen MR) is 43.4 cm³/mol. The van der Waals surface area contributed by atoms with E-state index in [0.717, 1.165) is 25.7 Å². The first-order valence-corrected chi connectivity index (χ1v) is 4.41. The molecule has 1 N–H and O–H groups in total. The molecular formula is C9H15NO. The van der Waals surface area contributed by atoms with Crippen molar-refractivity contribution in [3.05, 3.63) is 12.2 Å². The third-order valence-corrected chi connectivity index (χ3v) is 2.87. The molecule has 2 saturated heterocycles. The molecule has 0 aromatic heterocycles. The highest BCUT2D eigenvalue weighted by Crippen LogP contribution is 2.34. The Kier molecular flexibility index (Phi) is 1.74. The molecule has 0 aromatic rings. The van der Waals surface area contributed by atoms with Crippen LogP contribution in [0.25, 0.3) is 0 Å². The van der Waals surface area contributed by atoms with Crippen molar-refractivity contribution in [1.29, 1.82) is 0 Å². The minimum Gasteiger partial charge on any atom is -0.313 e. The lowest BCUT2D eigenvalue weighted by Crippen LogP contribution is -2.47. The van der Waals surface area contributed by atoms with E-state index in [0.29, 0.717) is 12.1 Å². The zero-order chi connectivity index (χ0) is 7.84. The maximum atomic E-state index is 9.60. The minimum absolute atomic E-state index is 0.384. The van der Waals surface area contributed by atoms with E-state index in [-0.39, 0.29) is 0 Å². The maximum Gasteiger partial charge on any atom is 0.0390 e. The van der Waals surface area contributed by atoms with Crippen molar-refractivity contribution in [2.24, 2.45) is 0 Å². The van der Waals surface area contributed by atoms with E-state index in [2.05, 4.69) is 6.58 Å². The van der Waals surface area contributed by atoms with Crippen LogP contribution < -0.4 is 0 Å². The highest BCUT2D eigenvalue weighted by Gasteiger charge is 2.34. The van der Waals surface area contributed by atoms with Gasteiger partial charge in [0.25, 0.3) is 0 Å². The van der Waals surface area contributed by atoms with Crippen LogP contribution in [-0.4, -0.2) is 22.4 Å². The van der Waals surface area contributed by atoms with Crippen LogP contribution in [0.2, 0.25) is 0 Å². The van der Waals surface area contributed by atoms with E-state index in [1.54, 1.807) is 5.06 Å². The van der Waals surface area contributed by atoms with Gasteiger partial charge in [0, 0.05) is 12.1 Å². The summed E-state index contributed by atoms with van der Waals surface area (Å²) < 4.78 is 0. The first-order chi connectivity index (χ1) is 5.27. The van der Waals surface area contributed by atoms with E-state index in [9.17, 15) is 5.21 Å². The Bertz CT molecular complexity index is 162. The molecular weight excluding hydrogens is 138 g/mol. The molecule has 0 saturated carbocycles. The van der Waals surface area contributed by atoms with Gasteiger partial charge in [0.1, 0.15) is 0 Å². The van der Waals surface area contributed by atoms with E-state index in [1.165, 1.54) is 12.0 Å². The normalized spacial score (nSPS) is 39.2. The average molecular weight is 153 g/mol. The highest BCUT2D eigenvalue weighted by molar-refractivity contribution is 5.06. The van der Waals surface area contributed by atoms with Gasteiger partial charge in [-0.2, -0.15) is 5.06 Å². The molecule has 0 spiro atoms. The Hall–Kier alpha value is -0.340. The molecule has 2 aliphatic heterocycles. The number of nitrogens with zero attached hydrogens (tertiary/aromatic N) is 1. The van der Waals surface area contributed by atoms with Gasteiger partial charge < -0.3 is 5.21 Å². The number of hydrogen-bond acceptors (Lipinski definition) is 2. The number of hydrogen-bond donors (Lipinski definition) is 1. The molecule has 0 aromatic carbocycles. The topological polar surface area (TPSA) is 23.5 Å². The van der Waals surface area contributed by atoms with Gasteiger partial charge in [-0.25, -0.2) is 0 Å². The van der Waals surface area contributed by atoms with Crippen molar-refractivity contribution in [2.75, 3.05) is 0 Å². The van der Waals surface area contributed by atoms with E-state index < -0.39 is 0 Å². The Morgan fingerprint density at radius 3 is 2.36 bits per heavy atom. The van der Waals surface area contributed by atoms with E-state index in [4.69, 9.17) is 0 Å². The molecule has 2 atom stereocenters. The minimum atomic E-state index is 0.384. The Morgan fingerprint density at radius 1 is 1.27 bits per heavy atom. The third-order valence-electron chi connectivity index (χ3n) is 2.87. The summed E-state index contributed by atoms with van der Waals surface area (Å²) in [6.07, 6.45) is 5.58. The molecule has 62 valence electrons. The average Bonchev–Trinajstić information content (AvgIpc) is 1.92. The van der Waals surface area contributed by atoms with Crippen LogP contribution in [0.1, 0.15) is 32.1 Å². The van der Waals surface area contributed by atoms with Crippen LogP contribution >= 0.6 is 0 Å². The van der Waals surface area contributed by atoms with Crippen LogP contribution in [0.3, 0.4) is 0 Å².